The average Bonchev–Trinajstić information content (AvgIpc) is 2.65. The minimum Gasteiger partial charge on any atom is -0.322 e. The first-order valence-electron chi connectivity index (χ1n) is 8.10. The lowest BCUT2D eigenvalue weighted by molar-refractivity contribution is 0.102. The van der Waals surface area contributed by atoms with Gasteiger partial charge >= 0.3 is 0 Å². The van der Waals surface area contributed by atoms with Crippen LogP contribution in [0.4, 0.5) is 11.4 Å². The van der Waals surface area contributed by atoms with Crippen LogP contribution >= 0.6 is 22.6 Å². The molecule has 0 aliphatic rings. The molecule has 0 bridgehead atoms. The molecular formula is C20H17IN2O3S. The third-order valence-corrected chi connectivity index (χ3v) is 6.11. The van der Waals surface area contributed by atoms with Crippen molar-refractivity contribution in [2.75, 3.05) is 10.0 Å². The van der Waals surface area contributed by atoms with Gasteiger partial charge in [0, 0.05) is 14.8 Å². The van der Waals surface area contributed by atoms with Gasteiger partial charge in [-0.3, -0.25) is 9.52 Å². The molecule has 138 valence electrons. The summed E-state index contributed by atoms with van der Waals surface area (Å²) >= 11 is 2.08. The minimum atomic E-state index is -3.78. The Hall–Kier alpha value is -2.39. The van der Waals surface area contributed by atoms with E-state index >= 15 is 0 Å². The number of halogens is 1. The van der Waals surface area contributed by atoms with E-state index in [1.54, 1.807) is 42.5 Å². The van der Waals surface area contributed by atoms with Crippen LogP contribution in [-0.2, 0) is 10.0 Å². The van der Waals surface area contributed by atoms with Gasteiger partial charge in [0.2, 0.25) is 0 Å². The zero-order valence-corrected chi connectivity index (χ0v) is 17.4. The molecule has 1 amide bonds. The van der Waals surface area contributed by atoms with E-state index in [-0.39, 0.29) is 10.8 Å². The van der Waals surface area contributed by atoms with Crippen molar-refractivity contribution in [3.63, 3.8) is 0 Å². The Morgan fingerprint density at radius 1 is 0.926 bits per heavy atom. The van der Waals surface area contributed by atoms with E-state index < -0.39 is 10.0 Å². The summed E-state index contributed by atoms with van der Waals surface area (Å²) in [6, 6.07) is 20.5. The van der Waals surface area contributed by atoms with Crippen molar-refractivity contribution in [3.8, 4) is 0 Å². The van der Waals surface area contributed by atoms with Gasteiger partial charge in [-0.15, -0.1) is 0 Å². The normalized spacial score (nSPS) is 11.0. The summed E-state index contributed by atoms with van der Waals surface area (Å²) in [5.74, 6) is -0.300. The van der Waals surface area contributed by atoms with Crippen LogP contribution in [0.2, 0.25) is 0 Å². The highest BCUT2D eigenvalue weighted by Crippen LogP contribution is 2.24. The van der Waals surface area contributed by atoms with Crippen molar-refractivity contribution >= 4 is 49.9 Å². The van der Waals surface area contributed by atoms with E-state index in [9.17, 15) is 13.2 Å². The first-order chi connectivity index (χ1) is 12.8. The lowest BCUT2D eigenvalue weighted by Gasteiger charge is -2.12. The number of sulfonamides is 1. The smallest absolute Gasteiger partial charge is 0.262 e. The molecule has 0 saturated carbocycles. The number of anilines is 2. The number of hydrogen-bond acceptors (Lipinski definition) is 3. The average molecular weight is 492 g/mol. The highest BCUT2D eigenvalue weighted by atomic mass is 127. The van der Waals surface area contributed by atoms with Gasteiger partial charge in [0.05, 0.1) is 10.6 Å². The van der Waals surface area contributed by atoms with E-state index in [2.05, 4.69) is 32.6 Å². The standard InChI is InChI=1S/C20H17IN2O3S/c1-14-10-11-18(21)19(12-14)23-27(25,26)17-9-5-8-16(13-17)22-20(24)15-6-3-2-4-7-15/h2-13,23H,1H3,(H,22,24). The number of carbonyl (C=O) groups is 1. The van der Waals surface area contributed by atoms with E-state index in [4.69, 9.17) is 0 Å². The molecule has 0 aliphatic carbocycles. The van der Waals surface area contributed by atoms with Gasteiger partial charge in [0.1, 0.15) is 0 Å². The molecule has 27 heavy (non-hydrogen) atoms. The molecule has 0 heterocycles. The zero-order chi connectivity index (χ0) is 19.4. The molecule has 0 radical (unpaired) electrons. The Morgan fingerprint density at radius 3 is 2.41 bits per heavy atom. The van der Waals surface area contributed by atoms with Crippen molar-refractivity contribution in [3.05, 3.63) is 87.5 Å². The number of nitrogens with one attached hydrogen (secondary N) is 2. The van der Waals surface area contributed by atoms with Gasteiger partial charge in [-0.05, 0) is 77.5 Å². The first-order valence-corrected chi connectivity index (χ1v) is 10.7. The SMILES string of the molecule is Cc1ccc(I)c(NS(=O)(=O)c2cccc(NC(=O)c3ccccc3)c2)c1. The lowest BCUT2D eigenvalue weighted by atomic mass is 10.2. The number of benzene rings is 3. The highest BCUT2D eigenvalue weighted by Gasteiger charge is 2.17. The largest absolute Gasteiger partial charge is 0.322 e. The molecule has 2 N–H and O–H groups in total. The summed E-state index contributed by atoms with van der Waals surface area (Å²) in [4.78, 5) is 12.3. The van der Waals surface area contributed by atoms with Crippen LogP contribution in [0.5, 0.6) is 0 Å². The van der Waals surface area contributed by atoms with Gasteiger partial charge in [0.15, 0.2) is 0 Å². The monoisotopic (exact) mass is 492 g/mol. The fourth-order valence-corrected chi connectivity index (χ4v) is 4.22. The fourth-order valence-electron chi connectivity index (χ4n) is 2.45. The van der Waals surface area contributed by atoms with Crippen molar-refractivity contribution in [2.45, 2.75) is 11.8 Å². The molecule has 0 aromatic heterocycles. The maximum Gasteiger partial charge on any atom is 0.262 e. The molecule has 0 aliphatic heterocycles. The van der Waals surface area contributed by atoms with Crippen molar-refractivity contribution in [2.24, 2.45) is 0 Å². The van der Waals surface area contributed by atoms with Crippen LogP contribution in [0.15, 0.2) is 77.7 Å². The predicted octanol–water partition coefficient (Wildman–Crippen LogP) is 4.65. The Morgan fingerprint density at radius 2 is 1.67 bits per heavy atom. The molecule has 5 nitrogen and oxygen atoms in total. The Bertz CT molecular complexity index is 1080. The molecule has 0 spiro atoms. The molecule has 7 heteroatoms. The Labute approximate surface area is 172 Å². The van der Waals surface area contributed by atoms with Gasteiger partial charge in [-0.2, -0.15) is 0 Å². The van der Waals surface area contributed by atoms with E-state index in [1.165, 1.54) is 12.1 Å². The highest BCUT2D eigenvalue weighted by molar-refractivity contribution is 14.1. The predicted molar refractivity (Wildman–Crippen MR) is 116 cm³/mol. The van der Waals surface area contributed by atoms with E-state index in [0.717, 1.165) is 9.13 Å². The second kappa shape index (κ2) is 8.10. The Kier molecular flexibility index (Phi) is 5.81. The number of rotatable bonds is 5. The molecule has 3 rings (SSSR count). The van der Waals surface area contributed by atoms with Crippen LogP contribution < -0.4 is 10.0 Å². The Balaban J connectivity index is 1.84. The minimum absolute atomic E-state index is 0.0747. The van der Waals surface area contributed by atoms with Crippen LogP contribution in [-0.4, -0.2) is 14.3 Å². The molecule has 0 fully saturated rings. The van der Waals surface area contributed by atoms with E-state index in [1.807, 2.05) is 25.1 Å². The maximum atomic E-state index is 12.7. The summed E-state index contributed by atoms with van der Waals surface area (Å²) in [5, 5.41) is 2.72. The van der Waals surface area contributed by atoms with Gasteiger partial charge in [-0.1, -0.05) is 30.3 Å². The molecule has 0 unspecified atom stereocenters. The summed E-state index contributed by atoms with van der Waals surface area (Å²) in [5.41, 5.74) is 2.38. The summed E-state index contributed by atoms with van der Waals surface area (Å²) in [7, 11) is -3.78. The first kappa shape index (κ1) is 19.4. The molecule has 3 aromatic carbocycles. The van der Waals surface area contributed by atoms with Crippen molar-refractivity contribution in [1.82, 2.24) is 0 Å². The third kappa shape index (κ3) is 4.86. The summed E-state index contributed by atoms with van der Waals surface area (Å²) < 4.78 is 28.9. The number of aryl methyl sites for hydroxylation is 1. The van der Waals surface area contributed by atoms with Crippen LogP contribution in [0.1, 0.15) is 15.9 Å². The molecule has 0 saturated heterocycles. The molecular weight excluding hydrogens is 475 g/mol. The second-order valence-corrected chi connectivity index (χ2v) is 8.78. The van der Waals surface area contributed by atoms with Crippen molar-refractivity contribution in [1.29, 1.82) is 0 Å². The number of amides is 1. The van der Waals surface area contributed by atoms with Crippen LogP contribution in [0, 0.1) is 10.5 Å². The van der Waals surface area contributed by atoms with Gasteiger partial charge in [0.25, 0.3) is 15.9 Å². The quantitative estimate of drug-likeness (QED) is 0.510. The maximum absolute atomic E-state index is 12.7. The van der Waals surface area contributed by atoms with Crippen molar-refractivity contribution < 1.29 is 13.2 Å². The molecule has 0 atom stereocenters. The molecule has 3 aromatic rings. The van der Waals surface area contributed by atoms with E-state index in [0.29, 0.717) is 16.9 Å². The second-order valence-electron chi connectivity index (χ2n) is 5.94. The fraction of sp³-hybridized carbons (Fsp3) is 0.0500. The number of carbonyl (C=O) groups excluding carboxylic acids is 1. The number of hydrogen-bond donors (Lipinski definition) is 2. The van der Waals surface area contributed by atoms with Crippen LogP contribution in [0.3, 0.4) is 0 Å². The topological polar surface area (TPSA) is 75.3 Å². The van der Waals surface area contributed by atoms with Gasteiger partial charge < -0.3 is 5.32 Å². The van der Waals surface area contributed by atoms with Crippen LogP contribution in [0.25, 0.3) is 0 Å². The third-order valence-electron chi connectivity index (χ3n) is 3.80. The van der Waals surface area contributed by atoms with Gasteiger partial charge in [-0.25, -0.2) is 8.42 Å². The summed E-state index contributed by atoms with van der Waals surface area (Å²) in [6.07, 6.45) is 0. The lowest BCUT2D eigenvalue weighted by Crippen LogP contribution is -2.15. The summed E-state index contributed by atoms with van der Waals surface area (Å²) in [6.45, 7) is 1.90. The zero-order valence-electron chi connectivity index (χ0n) is 14.4.